The molecule has 0 aliphatic heterocycles. The van der Waals surface area contributed by atoms with E-state index in [-0.39, 0.29) is 19.4 Å². The van der Waals surface area contributed by atoms with E-state index in [1.165, 1.54) is 7.11 Å². The highest BCUT2D eigenvalue weighted by molar-refractivity contribution is 5.76. The first kappa shape index (κ1) is 14.5. The van der Waals surface area contributed by atoms with Gasteiger partial charge in [0, 0.05) is 0 Å². The molecule has 0 amide bonds. The van der Waals surface area contributed by atoms with Crippen molar-refractivity contribution in [3.8, 4) is 5.75 Å². The molecule has 1 rings (SSSR count). The molecule has 18 heavy (non-hydrogen) atoms. The molecule has 1 unspecified atom stereocenters. The third kappa shape index (κ3) is 4.04. The summed E-state index contributed by atoms with van der Waals surface area (Å²) in [5.41, 5.74) is -0.616. The summed E-state index contributed by atoms with van der Waals surface area (Å²) in [6, 6.07) is 9.39. The van der Waals surface area contributed by atoms with Crippen LogP contribution >= 0.6 is 0 Å². The highest BCUT2D eigenvalue weighted by Crippen LogP contribution is 2.23. The highest BCUT2D eigenvalue weighted by atomic mass is 16.7. The number of hydrogen-bond donors (Lipinski definition) is 0. The molecular weight excluding hydrogens is 232 g/mol. The molecule has 0 aromatic heterocycles. The average molecular weight is 252 g/mol. The number of methoxy groups -OCH3 is 1. The van der Waals surface area contributed by atoms with E-state index in [4.69, 9.17) is 14.2 Å². The van der Waals surface area contributed by atoms with Gasteiger partial charge in [-0.25, -0.2) is 0 Å². The Hall–Kier alpha value is -1.55. The molecule has 0 bridgehead atoms. The Labute approximate surface area is 108 Å². The van der Waals surface area contributed by atoms with Gasteiger partial charge >= 0.3 is 5.97 Å². The van der Waals surface area contributed by atoms with Gasteiger partial charge in [-0.15, -0.1) is 0 Å². The van der Waals surface area contributed by atoms with Gasteiger partial charge in [0.1, 0.15) is 5.75 Å². The van der Waals surface area contributed by atoms with Crippen molar-refractivity contribution in [2.45, 2.75) is 20.3 Å². The number of hydrogen-bond acceptors (Lipinski definition) is 4. The van der Waals surface area contributed by atoms with Crippen LogP contribution in [0.2, 0.25) is 0 Å². The predicted octanol–water partition coefficient (Wildman–Crippen LogP) is 2.63. The fourth-order valence-corrected chi connectivity index (χ4v) is 1.45. The third-order valence-electron chi connectivity index (χ3n) is 2.93. The summed E-state index contributed by atoms with van der Waals surface area (Å²) in [6.07, 6.45) is 0.658. The van der Waals surface area contributed by atoms with Crippen molar-refractivity contribution in [2.75, 3.05) is 20.5 Å². The lowest BCUT2D eigenvalue weighted by molar-refractivity contribution is -0.157. The lowest BCUT2D eigenvalue weighted by Gasteiger charge is -2.24. The Kier molecular flexibility index (Phi) is 5.65. The van der Waals surface area contributed by atoms with E-state index in [0.29, 0.717) is 6.42 Å². The molecule has 100 valence electrons. The van der Waals surface area contributed by atoms with Crippen LogP contribution in [0.5, 0.6) is 5.75 Å². The lowest BCUT2D eigenvalue weighted by Crippen LogP contribution is -2.34. The molecule has 0 aliphatic carbocycles. The molecule has 0 saturated heterocycles. The monoisotopic (exact) mass is 252 g/mol. The Morgan fingerprint density at radius 3 is 2.50 bits per heavy atom. The summed E-state index contributed by atoms with van der Waals surface area (Å²) >= 11 is 0. The topological polar surface area (TPSA) is 44.8 Å². The molecule has 0 saturated carbocycles. The lowest BCUT2D eigenvalue weighted by atomic mass is 9.89. The zero-order chi connectivity index (χ0) is 13.4. The largest absolute Gasteiger partial charge is 0.469 e. The maximum atomic E-state index is 11.6. The first-order valence-corrected chi connectivity index (χ1v) is 5.96. The number of carbonyl (C=O) groups excluding carboxylic acids is 1. The summed E-state index contributed by atoms with van der Waals surface area (Å²) in [5.74, 6) is 0.485. The van der Waals surface area contributed by atoms with E-state index >= 15 is 0 Å². The van der Waals surface area contributed by atoms with E-state index in [9.17, 15) is 4.79 Å². The van der Waals surface area contributed by atoms with Crippen LogP contribution in [0.15, 0.2) is 30.3 Å². The molecular formula is C14H20O4. The van der Waals surface area contributed by atoms with Gasteiger partial charge in [0.05, 0.1) is 19.1 Å². The van der Waals surface area contributed by atoms with Crippen LogP contribution in [0.3, 0.4) is 0 Å². The fourth-order valence-electron chi connectivity index (χ4n) is 1.45. The second-order valence-electron chi connectivity index (χ2n) is 4.33. The molecule has 0 fully saturated rings. The molecule has 1 aromatic rings. The van der Waals surface area contributed by atoms with E-state index < -0.39 is 5.41 Å². The molecule has 0 spiro atoms. The maximum absolute atomic E-state index is 11.6. The second kappa shape index (κ2) is 7.01. The molecule has 0 aliphatic rings. The summed E-state index contributed by atoms with van der Waals surface area (Å²) in [4.78, 5) is 11.6. The van der Waals surface area contributed by atoms with Gasteiger partial charge in [-0.1, -0.05) is 25.1 Å². The van der Waals surface area contributed by atoms with Crippen LogP contribution < -0.4 is 4.74 Å². The number of rotatable bonds is 7. The maximum Gasteiger partial charge on any atom is 0.313 e. The summed E-state index contributed by atoms with van der Waals surface area (Å²) in [5, 5.41) is 0. The summed E-state index contributed by atoms with van der Waals surface area (Å²) < 4.78 is 15.5. The minimum absolute atomic E-state index is 0.122. The normalized spacial score (nSPS) is 13.7. The van der Waals surface area contributed by atoms with Gasteiger partial charge in [-0.2, -0.15) is 0 Å². The molecule has 1 aromatic carbocycles. The number of para-hydroxylation sites is 1. The smallest absolute Gasteiger partial charge is 0.313 e. The molecule has 4 nitrogen and oxygen atoms in total. The predicted molar refractivity (Wildman–Crippen MR) is 68.3 cm³/mol. The summed E-state index contributed by atoms with van der Waals surface area (Å²) in [7, 11) is 1.39. The van der Waals surface area contributed by atoms with Gasteiger partial charge in [0.25, 0.3) is 0 Å². The van der Waals surface area contributed by atoms with Crippen molar-refractivity contribution in [3.05, 3.63) is 30.3 Å². The first-order chi connectivity index (χ1) is 8.62. The number of carbonyl (C=O) groups is 1. The Morgan fingerprint density at radius 2 is 1.94 bits per heavy atom. The van der Waals surface area contributed by atoms with Gasteiger partial charge in [0.15, 0.2) is 6.79 Å². The minimum Gasteiger partial charge on any atom is -0.469 e. The molecule has 1 atom stereocenters. The van der Waals surface area contributed by atoms with Crippen LogP contribution in [0, 0.1) is 5.41 Å². The van der Waals surface area contributed by atoms with Crippen LogP contribution in [0.4, 0.5) is 0 Å². The fraction of sp³-hybridized carbons (Fsp3) is 0.500. The van der Waals surface area contributed by atoms with Crippen molar-refractivity contribution in [1.29, 1.82) is 0 Å². The second-order valence-corrected chi connectivity index (χ2v) is 4.33. The summed E-state index contributed by atoms with van der Waals surface area (Å²) in [6.45, 7) is 4.15. The standard InChI is InChI=1S/C14H20O4/c1-4-14(2,13(15)16-3)10-17-11-18-12-8-6-5-7-9-12/h5-9H,4,10-11H2,1-3H3. The quantitative estimate of drug-likeness (QED) is 0.425. The zero-order valence-electron chi connectivity index (χ0n) is 11.1. The molecule has 4 heteroatoms. The van der Waals surface area contributed by atoms with Crippen LogP contribution in [0.25, 0.3) is 0 Å². The van der Waals surface area contributed by atoms with Crippen molar-refractivity contribution < 1.29 is 19.0 Å². The van der Waals surface area contributed by atoms with E-state index in [1.54, 1.807) is 0 Å². The number of esters is 1. The van der Waals surface area contributed by atoms with Gasteiger partial charge in [-0.3, -0.25) is 4.79 Å². The Morgan fingerprint density at radius 1 is 1.28 bits per heavy atom. The van der Waals surface area contributed by atoms with E-state index in [0.717, 1.165) is 5.75 Å². The van der Waals surface area contributed by atoms with Crippen molar-refractivity contribution in [1.82, 2.24) is 0 Å². The van der Waals surface area contributed by atoms with Gasteiger partial charge < -0.3 is 14.2 Å². The average Bonchev–Trinajstić information content (AvgIpc) is 2.43. The van der Waals surface area contributed by atoms with E-state index in [2.05, 4.69) is 0 Å². The molecule has 0 heterocycles. The third-order valence-corrected chi connectivity index (χ3v) is 2.93. The number of ether oxygens (including phenoxy) is 3. The Bertz CT molecular complexity index is 363. The van der Waals surface area contributed by atoms with Crippen molar-refractivity contribution >= 4 is 5.97 Å². The first-order valence-electron chi connectivity index (χ1n) is 5.96. The van der Waals surface area contributed by atoms with Gasteiger partial charge in [-0.05, 0) is 25.5 Å². The molecule has 0 radical (unpaired) electrons. The SMILES string of the molecule is CCC(C)(COCOc1ccccc1)C(=O)OC. The minimum atomic E-state index is -0.616. The van der Waals surface area contributed by atoms with Crippen molar-refractivity contribution in [2.24, 2.45) is 5.41 Å². The van der Waals surface area contributed by atoms with Crippen molar-refractivity contribution in [3.63, 3.8) is 0 Å². The van der Waals surface area contributed by atoms with E-state index in [1.807, 2.05) is 44.2 Å². The zero-order valence-corrected chi connectivity index (χ0v) is 11.1. The van der Waals surface area contributed by atoms with Gasteiger partial charge in [0.2, 0.25) is 0 Å². The number of benzene rings is 1. The van der Waals surface area contributed by atoms with Crippen LogP contribution in [0.1, 0.15) is 20.3 Å². The molecule has 0 N–H and O–H groups in total. The van der Waals surface area contributed by atoms with Crippen LogP contribution in [-0.4, -0.2) is 26.5 Å². The van der Waals surface area contributed by atoms with Crippen LogP contribution in [-0.2, 0) is 14.3 Å². The highest BCUT2D eigenvalue weighted by Gasteiger charge is 2.32. The Balaban J connectivity index is 2.34.